The van der Waals surface area contributed by atoms with Crippen LogP contribution in [-0.2, 0) is 10.0 Å². The average molecular weight is 351 g/mol. The lowest BCUT2D eigenvalue weighted by Crippen LogP contribution is -2.31. The second-order valence-corrected chi connectivity index (χ2v) is 8.04. The molecule has 8 nitrogen and oxygen atoms in total. The molecule has 9 heteroatoms. The fourth-order valence-corrected chi connectivity index (χ4v) is 3.91. The molecule has 0 bridgehead atoms. The summed E-state index contributed by atoms with van der Waals surface area (Å²) in [5.41, 5.74) is 0.804. The zero-order chi connectivity index (χ0) is 17.3. The highest BCUT2D eigenvalue weighted by molar-refractivity contribution is 7.89. The van der Waals surface area contributed by atoms with E-state index >= 15 is 0 Å². The van der Waals surface area contributed by atoms with E-state index in [1.165, 1.54) is 4.31 Å². The maximum atomic E-state index is 12.7. The summed E-state index contributed by atoms with van der Waals surface area (Å²) in [4.78, 5) is 4.04. The van der Waals surface area contributed by atoms with E-state index in [1.807, 2.05) is 26.8 Å². The number of imidazole rings is 1. The van der Waals surface area contributed by atoms with Gasteiger partial charge >= 0.3 is 0 Å². The Morgan fingerprint density at radius 3 is 2.71 bits per heavy atom. The minimum Gasteiger partial charge on any atom is -0.472 e. The van der Waals surface area contributed by atoms with Crippen molar-refractivity contribution < 1.29 is 13.2 Å². The van der Waals surface area contributed by atoms with Crippen LogP contribution in [0.4, 0.5) is 0 Å². The normalized spacial score (nSPS) is 19.1. The van der Waals surface area contributed by atoms with Gasteiger partial charge in [-0.15, -0.1) is 5.10 Å². The molecule has 0 amide bonds. The summed E-state index contributed by atoms with van der Waals surface area (Å²) < 4.78 is 34.3. The second-order valence-electron chi connectivity index (χ2n) is 6.16. The van der Waals surface area contributed by atoms with Crippen molar-refractivity contribution >= 4 is 10.0 Å². The molecule has 1 aliphatic rings. The summed E-state index contributed by atoms with van der Waals surface area (Å²) >= 11 is 0. The van der Waals surface area contributed by atoms with Gasteiger partial charge in [0.25, 0.3) is 10.0 Å². The first-order valence-corrected chi connectivity index (χ1v) is 9.31. The van der Waals surface area contributed by atoms with Crippen LogP contribution in [0.25, 0.3) is 0 Å². The monoisotopic (exact) mass is 351 g/mol. The number of nitrogens with zero attached hydrogens (tertiary/aromatic N) is 5. The van der Waals surface area contributed by atoms with E-state index in [1.54, 1.807) is 23.2 Å². The molecule has 1 atom stereocenters. The Bertz CT molecular complexity index is 801. The molecule has 0 spiro atoms. The van der Waals surface area contributed by atoms with Crippen LogP contribution in [0.5, 0.6) is 5.88 Å². The van der Waals surface area contributed by atoms with Gasteiger partial charge in [0.1, 0.15) is 6.10 Å². The molecule has 24 heavy (non-hydrogen) atoms. The number of ether oxygens (including phenoxy) is 1. The van der Waals surface area contributed by atoms with Crippen LogP contribution in [0.15, 0.2) is 29.7 Å². The third-order valence-corrected chi connectivity index (χ3v) is 5.70. The molecule has 1 saturated heterocycles. The fraction of sp³-hybridized carbons (Fsp3) is 0.533. The summed E-state index contributed by atoms with van der Waals surface area (Å²) in [6.45, 7) is 6.48. The van der Waals surface area contributed by atoms with Gasteiger partial charge in [0.05, 0.1) is 18.6 Å². The zero-order valence-corrected chi connectivity index (χ0v) is 14.8. The van der Waals surface area contributed by atoms with Gasteiger partial charge in [-0.05, 0) is 33.3 Å². The fourth-order valence-electron chi connectivity index (χ4n) is 2.50. The van der Waals surface area contributed by atoms with Gasteiger partial charge in [0.15, 0.2) is 5.03 Å². The molecule has 0 saturated carbocycles. The molecule has 3 rings (SSSR count). The van der Waals surface area contributed by atoms with Crippen molar-refractivity contribution in [1.29, 1.82) is 0 Å². The molecule has 0 aromatic carbocycles. The van der Waals surface area contributed by atoms with E-state index in [9.17, 15) is 8.42 Å². The Balaban J connectivity index is 1.68. The molecule has 1 unspecified atom stereocenters. The SMILES string of the molecule is Cc1ccc(OC2CCN(S(=O)(=O)c3cn(C(C)C)cn3)C2)nn1. The lowest BCUT2D eigenvalue weighted by Gasteiger charge is -2.15. The zero-order valence-electron chi connectivity index (χ0n) is 14.0. The molecule has 130 valence electrons. The van der Waals surface area contributed by atoms with Crippen LogP contribution in [0, 0.1) is 6.92 Å². The summed E-state index contributed by atoms with van der Waals surface area (Å²) in [7, 11) is -3.60. The van der Waals surface area contributed by atoms with Crippen LogP contribution in [0.2, 0.25) is 0 Å². The summed E-state index contributed by atoms with van der Waals surface area (Å²) in [5, 5.41) is 7.97. The topological polar surface area (TPSA) is 90.2 Å². The van der Waals surface area contributed by atoms with Crippen LogP contribution >= 0.6 is 0 Å². The van der Waals surface area contributed by atoms with Crippen molar-refractivity contribution in [3.63, 3.8) is 0 Å². The first-order valence-electron chi connectivity index (χ1n) is 7.87. The van der Waals surface area contributed by atoms with Crippen LogP contribution in [-0.4, -0.2) is 51.7 Å². The first kappa shape index (κ1) is 16.8. The number of aryl methyl sites for hydroxylation is 1. The lowest BCUT2D eigenvalue weighted by atomic mass is 10.3. The van der Waals surface area contributed by atoms with Crippen LogP contribution < -0.4 is 4.74 Å². The van der Waals surface area contributed by atoms with Gasteiger partial charge in [-0.2, -0.15) is 9.40 Å². The minimum atomic E-state index is -3.60. The standard InChI is InChI=1S/C15H21N5O3S/c1-11(2)19-9-15(16-10-19)24(21,22)20-7-6-13(8-20)23-14-5-4-12(3)17-18-14/h4-5,9-11,13H,6-8H2,1-3H3. The smallest absolute Gasteiger partial charge is 0.262 e. The van der Waals surface area contributed by atoms with E-state index < -0.39 is 10.0 Å². The Morgan fingerprint density at radius 1 is 1.29 bits per heavy atom. The van der Waals surface area contributed by atoms with Gasteiger partial charge in [0.2, 0.25) is 5.88 Å². The number of hydrogen-bond acceptors (Lipinski definition) is 6. The van der Waals surface area contributed by atoms with E-state index in [-0.39, 0.29) is 23.7 Å². The molecular formula is C15H21N5O3S. The molecular weight excluding hydrogens is 330 g/mol. The largest absolute Gasteiger partial charge is 0.472 e. The second kappa shape index (κ2) is 6.48. The summed E-state index contributed by atoms with van der Waals surface area (Å²) in [6.07, 6.45) is 3.49. The molecule has 1 fully saturated rings. The highest BCUT2D eigenvalue weighted by Crippen LogP contribution is 2.23. The van der Waals surface area contributed by atoms with Gasteiger partial charge in [-0.3, -0.25) is 0 Å². The number of sulfonamides is 1. The highest BCUT2D eigenvalue weighted by Gasteiger charge is 2.35. The van der Waals surface area contributed by atoms with Crippen LogP contribution in [0.1, 0.15) is 32.0 Å². The summed E-state index contributed by atoms with van der Waals surface area (Å²) in [5.74, 6) is 0.411. The Labute approximate surface area is 141 Å². The van der Waals surface area contributed by atoms with Crippen molar-refractivity contribution in [2.45, 2.75) is 44.4 Å². The van der Waals surface area contributed by atoms with Gasteiger partial charge < -0.3 is 9.30 Å². The average Bonchev–Trinajstić information content (AvgIpc) is 3.19. The molecule has 2 aromatic rings. The van der Waals surface area contributed by atoms with Gasteiger partial charge in [-0.25, -0.2) is 13.4 Å². The van der Waals surface area contributed by atoms with Gasteiger partial charge in [0, 0.05) is 24.8 Å². The van der Waals surface area contributed by atoms with Crippen LogP contribution in [0.3, 0.4) is 0 Å². The number of rotatable bonds is 5. The maximum Gasteiger partial charge on any atom is 0.262 e. The van der Waals surface area contributed by atoms with E-state index in [4.69, 9.17) is 4.74 Å². The molecule has 3 heterocycles. The van der Waals surface area contributed by atoms with Crippen molar-refractivity contribution in [1.82, 2.24) is 24.1 Å². The highest BCUT2D eigenvalue weighted by atomic mass is 32.2. The van der Waals surface area contributed by atoms with E-state index in [2.05, 4.69) is 15.2 Å². The number of aromatic nitrogens is 4. The third-order valence-electron chi connectivity index (χ3n) is 3.95. The number of hydrogen-bond donors (Lipinski definition) is 0. The molecule has 0 radical (unpaired) electrons. The molecule has 2 aromatic heterocycles. The first-order chi connectivity index (χ1) is 11.4. The molecule has 1 aliphatic heterocycles. The van der Waals surface area contributed by atoms with Crippen molar-refractivity contribution in [3.05, 3.63) is 30.4 Å². The third kappa shape index (κ3) is 3.41. The Hall–Kier alpha value is -2.00. The predicted octanol–water partition coefficient (Wildman–Crippen LogP) is 1.40. The van der Waals surface area contributed by atoms with Gasteiger partial charge in [-0.1, -0.05) is 0 Å². The predicted molar refractivity (Wildman–Crippen MR) is 87.2 cm³/mol. The lowest BCUT2D eigenvalue weighted by molar-refractivity contribution is 0.204. The van der Waals surface area contributed by atoms with Crippen molar-refractivity contribution in [2.75, 3.05) is 13.1 Å². The van der Waals surface area contributed by atoms with Crippen molar-refractivity contribution in [3.8, 4) is 5.88 Å². The molecule has 0 aliphatic carbocycles. The summed E-state index contributed by atoms with van der Waals surface area (Å²) in [6, 6.07) is 3.71. The molecule has 0 N–H and O–H groups in total. The maximum absolute atomic E-state index is 12.7. The Kier molecular flexibility index (Phi) is 4.55. The van der Waals surface area contributed by atoms with Crippen molar-refractivity contribution in [2.24, 2.45) is 0 Å². The van der Waals surface area contributed by atoms with E-state index in [0.29, 0.717) is 18.8 Å². The Morgan fingerprint density at radius 2 is 2.08 bits per heavy atom. The quantitative estimate of drug-likeness (QED) is 0.809. The van der Waals surface area contributed by atoms with E-state index in [0.717, 1.165) is 5.69 Å². The minimum absolute atomic E-state index is 0.0759.